The van der Waals surface area contributed by atoms with E-state index in [-0.39, 0.29) is 61.1 Å². The normalized spacial score (nSPS) is 17.9. The van der Waals surface area contributed by atoms with Crippen molar-refractivity contribution in [1.29, 1.82) is 0 Å². The average molecular weight is 1630 g/mol. The second kappa shape index (κ2) is 30.4. The van der Waals surface area contributed by atoms with Crippen LogP contribution in [0.2, 0.25) is 5.02 Å². The monoisotopic (exact) mass is 1630 g/mol. The summed E-state index contributed by atoms with van der Waals surface area (Å²) in [7, 11) is -14.0. The highest BCUT2D eigenvalue weighted by Gasteiger charge is 2.68. The summed E-state index contributed by atoms with van der Waals surface area (Å²) in [4.78, 5) is 79.5. The molecule has 2 aliphatic carbocycles. The number of nitrogens with zero attached hydrogens (tertiary/aromatic N) is 7. The number of fused-ring (bicyclic) bond motifs is 4. The van der Waals surface area contributed by atoms with Gasteiger partial charge < -0.3 is 24.2 Å². The highest BCUT2D eigenvalue weighted by atomic mass is 35.5. The summed E-state index contributed by atoms with van der Waals surface area (Å²) in [5.74, 6) is -11.0. The van der Waals surface area contributed by atoms with Crippen LogP contribution in [0.1, 0.15) is 185 Å². The van der Waals surface area contributed by atoms with Crippen molar-refractivity contribution in [3.63, 3.8) is 0 Å². The van der Waals surface area contributed by atoms with Gasteiger partial charge in [-0.25, -0.2) is 44.8 Å². The lowest BCUT2D eigenvalue weighted by molar-refractivity contribution is -0.169. The molecule has 110 heavy (non-hydrogen) atoms. The van der Waals surface area contributed by atoms with E-state index in [0.29, 0.717) is 17.9 Å². The van der Waals surface area contributed by atoms with Crippen molar-refractivity contribution < 1.29 is 112 Å². The summed E-state index contributed by atoms with van der Waals surface area (Å²) in [5, 5.41) is 8.73. The molecule has 1 saturated heterocycles. The van der Waals surface area contributed by atoms with Gasteiger partial charge in [-0.1, -0.05) is 43.5 Å². The molecular formula is C73H84ClF10N8O15PS2. The van der Waals surface area contributed by atoms with Gasteiger partial charge in [0.05, 0.1) is 52.5 Å². The molecule has 23 nitrogen and oxygen atoms in total. The van der Waals surface area contributed by atoms with Gasteiger partial charge in [0.25, 0.3) is 5.92 Å². The number of anilines is 1. The Labute approximate surface area is 634 Å². The Morgan fingerprint density at radius 3 is 1.86 bits per heavy atom. The molecule has 0 spiro atoms. The van der Waals surface area contributed by atoms with Crippen molar-refractivity contribution in [2.75, 3.05) is 16.8 Å². The highest BCUT2D eigenvalue weighted by molar-refractivity contribution is 7.93. The number of nitrogens with one attached hydrogen (secondary N) is 1. The molecule has 1 saturated carbocycles. The molecule has 0 bridgehead atoms. The fraction of sp³-hybridized carbons (Fsp3) is 0.534. The van der Waals surface area contributed by atoms with Gasteiger partial charge in [-0.05, 0) is 181 Å². The molecule has 4 heterocycles. The number of pyridine rings is 1. The molecule has 9 rings (SSSR count). The summed E-state index contributed by atoms with van der Waals surface area (Å²) in [5.41, 5.74) is -10.6. The van der Waals surface area contributed by atoms with E-state index in [4.69, 9.17) is 34.6 Å². The van der Waals surface area contributed by atoms with E-state index >= 15 is 40.3 Å². The summed E-state index contributed by atoms with van der Waals surface area (Å²) in [6.07, 6.45) is -14.1. The number of carbonyl (C=O) groups excluding carboxylic acids is 5. The maximum atomic E-state index is 16.0. The van der Waals surface area contributed by atoms with Crippen LogP contribution in [0.4, 0.5) is 49.7 Å². The van der Waals surface area contributed by atoms with E-state index in [1.54, 1.807) is 48.5 Å². The van der Waals surface area contributed by atoms with Crippen LogP contribution >= 0.6 is 19.4 Å². The quantitative estimate of drug-likeness (QED) is 0.0255. The van der Waals surface area contributed by atoms with Crippen molar-refractivity contribution in [2.45, 2.75) is 231 Å². The van der Waals surface area contributed by atoms with Crippen LogP contribution in [0.25, 0.3) is 22.0 Å². The molecule has 37 heteroatoms. The predicted octanol–water partition coefficient (Wildman–Crippen LogP) is 14.2. The van der Waals surface area contributed by atoms with E-state index in [0.717, 1.165) is 47.6 Å². The minimum Gasteiger partial charge on any atom is -0.458 e. The molecular weight excluding hydrogens is 1550 g/mol. The number of aryl methyl sites for hydroxylation is 1. The number of hydrogen-bond acceptors (Lipinski definition) is 18. The molecule has 0 unspecified atom stereocenters. The second-order valence-electron chi connectivity index (χ2n) is 31.3. The first kappa shape index (κ1) is 85.8. The van der Waals surface area contributed by atoms with E-state index in [1.165, 1.54) is 67.5 Å². The second-order valence-corrected chi connectivity index (χ2v) is 37.6. The van der Waals surface area contributed by atoms with Gasteiger partial charge in [-0.2, -0.15) is 49.6 Å². The molecule has 600 valence electrons. The van der Waals surface area contributed by atoms with Crippen LogP contribution < -0.4 is 14.1 Å². The van der Waals surface area contributed by atoms with Crippen molar-refractivity contribution in [3.05, 3.63) is 122 Å². The van der Waals surface area contributed by atoms with Crippen LogP contribution in [-0.4, -0.2) is 135 Å². The molecule has 3 aromatic heterocycles. The topological polar surface area (TPSA) is 284 Å². The van der Waals surface area contributed by atoms with E-state index in [1.807, 2.05) is 0 Å². The lowest BCUT2D eigenvalue weighted by Crippen LogP contribution is -2.51. The number of hydrogen-bond donors (Lipinski definition) is 1. The molecule has 6 aromatic rings. The Kier molecular flexibility index (Phi) is 23.7. The Bertz CT molecular complexity index is 4970. The average Bonchev–Trinajstić information content (AvgIpc) is 1.51. The summed E-state index contributed by atoms with van der Waals surface area (Å²) in [6, 6.07) is 4.47. The van der Waals surface area contributed by atoms with Crippen molar-refractivity contribution in [3.8, 4) is 28.7 Å². The third-order valence-electron chi connectivity index (χ3n) is 17.9. The predicted molar refractivity (Wildman–Crippen MR) is 384 cm³/mol. The fourth-order valence-electron chi connectivity index (χ4n) is 13.5. The SMILES string of the molecule is Cc1cc(CC(=O)N2[C@H](C(=O)OC(C)(C)C)CC[C@H]2C(=O)OC(C)(C)C)c(C(C)(C)CC(=O)N(c2nn(CC(F)(F)F)c3c(-c4ccc(C#CC(C)(C)S(C)(=O)=O)nc4[C@H](Cc4cc(F)cc(F)c4)NC(=O)Cn4nc(C(F)(F)F)c5c4C(F)(F)[C@@H]4C[C@H]54)ccc(Cl)c23)S(C)(=O)=O)c(OP(=O)(OC(C)C)OC(C)C)c1. The van der Waals surface area contributed by atoms with Crippen LogP contribution in [-0.2, 0) is 110 Å². The minimum atomic E-state index is -5.30. The number of phosphoric ester groups is 1. The van der Waals surface area contributed by atoms with Crippen LogP contribution in [0.3, 0.4) is 0 Å². The first-order valence-corrected chi connectivity index (χ1v) is 40.2. The Morgan fingerprint density at radius 2 is 1.35 bits per heavy atom. The molecule has 3 aliphatic rings. The van der Waals surface area contributed by atoms with Gasteiger partial charge in [-0.3, -0.25) is 32.8 Å². The number of likely N-dealkylation sites (tertiary alicyclic amines) is 1. The standard InChI is InChI=1S/C73H84ClF10N8O15PS2/c1-37(2)105-108(98,106-38(3)4)107-53-27-39(5)26-41(31-55(94)91-51(65(96)103-67(6,7)8)22-23-52(91)66(97)104-68(9,10)11)59(53)69(12,13)34-56(95)92(110(17,101)102)64-58-49(74)21-20-46(61(58)90(88-64)36-71(77,78)79)45-19-18-44(24-25-70(14,15)109(16,99)100)85-60(45)50(30-40-28-42(75)32-43(76)29-40)86-54(93)35-89-63-57(62(87-89)73(82,83)84)47-33-48(47)72(63,80)81/h18-21,26-29,32,37-38,47-48,50-52H,22-23,30-31,33-36H2,1-17H3,(H,86,93)/t47-,48+,50-,51-,52-/m0/s1. The number of amides is 3. The lowest BCUT2D eigenvalue weighted by atomic mass is 9.77. The van der Waals surface area contributed by atoms with E-state index in [9.17, 15) is 49.0 Å². The number of sulfone groups is 1. The molecule has 0 radical (unpaired) electrons. The Morgan fingerprint density at radius 1 is 0.782 bits per heavy atom. The van der Waals surface area contributed by atoms with Gasteiger partial charge >= 0.3 is 32.1 Å². The van der Waals surface area contributed by atoms with Crippen molar-refractivity contribution in [2.24, 2.45) is 5.92 Å². The zero-order valence-corrected chi connectivity index (χ0v) is 66.4. The van der Waals surface area contributed by atoms with Crippen LogP contribution in [0.15, 0.2) is 54.6 Å². The molecule has 3 aromatic carbocycles. The van der Waals surface area contributed by atoms with Crippen LogP contribution in [0, 0.1) is 36.3 Å². The molecule has 1 N–H and O–H groups in total. The zero-order chi connectivity index (χ0) is 82.4. The largest absolute Gasteiger partial charge is 0.530 e. The maximum Gasteiger partial charge on any atom is 0.530 e. The van der Waals surface area contributed by atoms with E-state index < -0.39 is 239 Å². The van der Waals surface area contributed by atoms with Gasteiger partial charge in [0.2, 0.25) is 27.7 Å². The number of aromatic nitrogens is 5. The molecule has 2 fully saturated rings. The zero-order valence-electron chi connectivity index (χ0n) is 63.1. The number of phosphoric acid groups is 1. The third kappa shape index (κ3) is 19.3. The number of benzene rings is 3. The van der Waals surface area contributed by atoms with Crippen molar-refractivity contribution >= 4 is 85.7 Å². The number of ether oxygens (including phenoxy) is 2. The molecule has 1 aliphatic heterocycles. The summed E-state index contributed by atoms with van der Waals surface area (Å²) in [6.45, 7) is 18.8. The number of rotatable bonds is 24. The number of esters is 2. The summed E-state index contributed by atoms with van der Waals surface area (Å²) >= 11 is 7.01. The first-order chi connectivity index (χ1) is 50.2. The maximum absolute atomic E-state index is 16.0. The number of alkyl halides is 8. The Hall–Kier alpha value is -8.16. The molecule has 3 amide bonds. The van der Waals surface area contributed by atoms with Gasteiger partial charge in [0, 0.05) is 52.3 Å². The smallest absolute Gasteiger partial charge is 0.458 e. The van der Waals surface area contributed by atoms with E-state index in [2.05, 4.69) is 32.3 Å². The highest BCUT2D eigenvalue weighted by Crippen LogP contribution is 2.68. The minimum absolute atomic E-state index is 0.0427. The number of sulfonamides is 1. The van der Waals surface area contributed by atoms with Gasteiger partial charge in [0.15, 0.2) is 21.3 Å². The number of carbonyl (C=O) groups is 5. The van der Waals surface area contributed by atoms with Gasteiger partial charge in [0.1, 0.15) is 69.9 Å². The Balaban J connectivity index is 1.24. The third-order valence-corrected chi connectivity index (χ3v) is 23.0. The molecule has 5 atom stereocenters. The fourth-order valence-corrected chi connectivity index (χ4v) is 16.4. The summed E-state index contributed by atoms with van der Waals surface area (Å²) < 4.78 is 250. The van der Waals surface area contributed by atoms with Gasteiger partial charge in [-0.15, -0.1) is 0 Å². The lowest BCUT2D eigenvalue weighted by Gasteiger charge is -2.34. The van der Waals surface area contributed by atoms with Crippen LogP contribution in [0.5, 0.6) is 5.75 Å². The van der Waals surface area contributed by atoms with Crippen molar-refractivity contribution in [1.82, 2.24) is 34.8 Å². The number of halogens is 11. The first-order valence-electron chi connectivity index (χ1n) is 34.6.